The summed E-state index contributed by atoms with van der Waals surface area (Å²) < 4.78 is 0. The highest BCUT2D eigenvalue weighted by molar-refractivity contribution is 6.11. The fraction of sp³-hybridized carbons (Fsp3) is 0.250. The van der Waals surface area contributed by atoms with E-state index in [0.29, 0.717) is 16.5 Å². The van der Waals surface area contributed by atoms with Crippen molar-refractivity contribution in [1.82, 2.24) is 15.1 Å². The summed E-state index contributed by atoms with van der Waals surface area (Å²) in [4.78, 5) is 29.2. The molecule has 1 amide bonds. The molecule has 2 N–H and O–H groups in total. The molecule has 1 aliphatic rings. The molecule has 3 aromatic rings. The van der Waals surface area contributed by atoms with Gasteiger partial charge in [0.25, 0.3) is 11.5 Å². The van der Waals surface area contributed by atoms with Gasteiger partial charge >= 0.3 is 0 Å². The molecule has 1 aromatic heterocycles. The Balaban J connectivity index is 1.52. The molecule has 4 rings (SSSR count). The van der Waals surface area contributed by atoms with Crippen molar-refractivity contribution in [3.05, 3.63) is 64.6 Å². The fourth-order valence-corrected chi connectivity index (χ4v) is 3.30. The van der Waals surface area contributed by atoms with Gasteiger partial charge in [-0.2, -0.15) is 5.10 Å². The highest BCUT2D eigenvalue weighted by Crippen LogP contribution is 2.20. The smallest absolute Gasteiger partial charge is 0.276 e. The molecule has 1 saturated heterocycles. The third kappa shape index (κ3) is 3.54. The lowest BCUT2D eigenvalue weighted by Gasteiger charge is -2.34. The van der Waals surface area contributed by atoms with E-state index in [0.717, 1.165) is 31.9 Å². The van der Waals surface area contributed by atoms with E-state index in [9.17, 15) is 9.59 Å². The van der Waals surface area contributed by atoms with E-state index < -0.39 is 0 Å². The highest BCUT2D eigenvalue weighted by Gasteiger charge is 2.16. The Bertz CT molecular complexity index is 1020. The minimum atomic E-state index is -0.352. The normalized spacial score (nSPS) is 15.1. The summed E-state index contributed by atoms with van der Waals surface area (Å²) in [6.45, 7) is 4.08. The van der Waals surface area contributed by atoms with Crippen LogP contribution in [0.2, 0.25) is 0 Å². The van der Waals surface area contributed by atoms with Crippen molar-refractivity contribution >= 4 is 28.1 Å². The van der Waals surface area contributed by atoms with Crippen molar-refractivity contribution in [3.8, 4) is 0 Å². The number of nitrogens with zero attached hydrogens (tertiary/aromatic N) is 3. The number of aromatic nitrogens is 2. The first-order valence-electron chi connectivity index (χ1n) is 8.94. The first kappa shape index (κ1) is 17.2. The van der Waals surface area contributed by atoms with E-state index in [1.54, 1.807) is 24.3 Å². The lowest BCUT2D eigenvalue weighted by Crippen LogP contribution is -2.44. The number of carbonyl (C=O) groups is 1. The second-order valence-corrected chi connectivity index (χ2v) is 6.74. The zero-order valence-electron chi connectivity index (χ0n) is 15.1. The number of hydrogen-bond acceptors (Lipinski definition) is 5. The number of likely N-dealkylation sites (N-methyl/N-ethyl adjacent to an activating group) is 1. The van der Waals surface area contributed by atoms with Crippen LogP contribution in [-0.4, -0.2) is 54.2 Å². The highest BCUT2D eigenvalue weighted by atomic mass is 16.2. The molecule has 0 aliphatic carbocycles. The summed E-state index contributed by atoms with van der Waals surface area (Å²) >= 11 is 0. The Morgan fingerprint density at radius 1 is 1.00 bits per heavy atom. The van der Waals surface area contributed by atoms with Crippen LogP contribution in [0.3, 0.4) is 0 Å². The Kier molecular flexibility index (Phi) is 4.60. The molecule has 1 fully saturated rings. The molecule has 0 unspecified atom stereocenters. The predicted molar refractivity (Wildman–Crippen MR) is 106 cm³/mol. The predicted octanol–water partition coefficient (Wildman–Crippen LogP) is 1.93. The van der Waals surface area contributed by atoms with Gasteiger partial charge in [-0.1, -0.05) is 18.2 Å². The third-order valence-electron chi connectivity index (χ3n) is 4.90. The van der Waals surface area contributed by atoms with Gasteiger partial charge in [0.05, 0.1) is 5.39 Å². The van der Waals surface area contributed by atoms with E-state index in [-0.39, 0.29) is 17.2 Å². The molecule has 0 bridgehead atoms. The number of piperazine rings is 1. The van der Waals surface area contributed by atoms with Crippen LogP contribution < -0.4 is 15.8 Å². The number of anilines is 2. The van der Waals surface area contributed by atoms with E-state index >= 15 is 0 Å². The molecule has 0 saturated carbocycles. The number of H-pyrrole nitrogens is 1. The maximum Gasteiger partial charge on any atom is 0.276 e. The number of nitrogens with one attached hydrogen (secondary N) is 2. The maximum atomic E-state index is 12.7. The molecule has 0 radical (unpaired) electrons. The second-order valence-electron chi connectivity index (χ2n) is 6.74. The second kappa shape index (κ2) is 7.20. The summed E-state index contributed by atoms with van der Waals surface area (Å²) in [7, 11) is 2.13. The van der Waals surface area contributed by atoms with Crippen LogP contribution in [-0.2, 0) is 0 Å². The van der Waals surface area contributed by atoms with Gasteiger partial charge in [-0.25, -0.2) is 5.10 Å². The largest absolute Gasteiger partial charge is 0.369 e. The molecule has 27 heavy (non-hydrogen) atoms. The van der Waals surface area contributed by atoms with Crippen molar-refractivity contribution in [3.63, 3.8) is 0 Å². The number of fused-ring (bicyclic) bond motifs is 1. The molecule has 0 atom stereocenters. The van der Waals surface area contributed by atoms with Crippen LogP contribution in [0.25, 0.3) is 10.8 Å². The van der Waals surface area contributed by atoms with Crippen molar-refractivity contribution < 1.29 is 4.79 Å². The van der Waals surface area contributed by atoms with Crippen LogP contribution in [0.4, 0.5) is 11.4 Å². The minimum absolute atomic E-state index is 0.202. The molecular formula is C20H21N5O2. The van der Waals surface area contributed by atoms with Gasteiger partial charge in [0, 0.05) is 42.9 Å². The molecule has 2 heterocycles. The molecule has 7 nitrogen and oxygen atoms in total. The standard InChI is InChI=1S/C20H21N5O2/c1-24-10-12-25(13-11-24)15-8-6-14(7-9-15)21-20(27)18-16-4-2-3-5-17(16)19(26)23-22-18/h2-9H,10-13H2,1H3,(H,21,27)(H,23,26). The molecular weight excluding hydrogens is 342 g/mol. The summed E-state index contributed by atoms with van der Waals surface area (Å²) in [5, 5.41) is 10.2. The topological polar surface area (TPSA) is 81.3 Å². The quantitative estimate of drug-likeness (QED) is 0.743. The van der Waals surface area contributed by atoms with Gasteiger partial charge in [-0.3, -0.25) is 9.59 Å². The maximum absolute atomic E-state index is 12.7. The zero-order valence-corrected chi connectivity index (χ0v) is 15.1. The van der Waals surface area contributed by atoms with Gasteiger partial charge in [-0.15, -0.1) is 0 Å². The molecule has 138 valence electrons. The van der Waals surface area contributed by atoms with Crippen molar-refractivity contribution in [2.45, 2.75) is 0 Å². The Morgan fingerprint density at radius 3 is 2.37 bits per heavy atom. The van der Waals surface area contributed by atoms with Crippen LogP contribution in [0.1, 0.15) is 10.5 Å². The SMILES string of the molecule is CN1CCN(c2ccc(NC(=O)c3n[nH]c(=O)c4ccccc34)cc2)CC1. The first-order valence-corrected chi connectivity index (χ1v) is 8.94. The van der Waals surface area contributed by atoms with Gasteiger partial charge < -0.3 is 15.1 Å². The fourth-order valence-electron chi connectivity index (χ4n) is 3.30. The van der Waals surface area contributed by atoms with E-state index in [1.807, 2.05) is 24.3 Å². The van der Waals surface area contributed by atoms with Crippen LogP contribution in [0.15, 0.2) is 53.3 Å². The average molecular weight is 363 g/mol. The van der Waals surface area contributed by atoms with E-state index in [2.05, 4.69) is 32.4 Å². The average Bonchev–Trinajstić information content (AvgIpc) is 2.70. The van der Waals surface area contributed by atoms with Gasteiger partial charge in [0.15, 0.2) is 5.69 Å². The Labute approximate surface area is 156 Å². The minimum Gasteiger partial charge on any atom is -0.369 e. The molecule has 1 aliphatic heterocycles. The number of hydrogen-bond donors (Lipinski definition) is 2. The number of amides is 1. The molecule has 0 spiro atoms. The Hall–Kier alpha value is -3.19. The van der Waals surface area contributed by atoms with Crippen LogP contribution in [0, 0.1) is 0 Å². The molecule has 2 aromatic carbocycles. The zero-order chi connectivity index (χ0) is 18.8. The van der Waals surface area contributed by atoms with Gasteiger partial charge in [-0.05, 0) is 37.4 Å². The lowest BCUT2D eigenvalue weighted by atomic mass is 10.1. The van der Waals surface area contributed by atoms with Crippen LogP contribution in [0.5, 0.6) is 0 Å². The lowest BCUT2D eigenvalue weighted by molar-refractivity contribution is 0.102. The number of aromatic amines is 1. The summed E-state index contributed by atoms with van der Waals surface area (Å²) in [6.07, 6.45) is 0. The van der Waals surface area contributed by atoms with Gasteiger partial charge in [0.2, 0.25) is 0 Å². The molecule has 7 heteroatoms. The van der Waals surface area contributed by atoms with Crippen molar-refractivity contribution in [1.29, 1.82) is 0 Å². The van der Waals surface area contributed by atoms with E-state index in [1.165, 1.54) is 0 Å². The van der Waals surface area contributed by atoms with Gasteiger partial charge in [0.1, 0.15) is 0 Å². The van der Waals surface area contributed by atoms with Crippen LogP contribution >= 0.6 is 0 Å². The van der Waals surface area contributed by atoms with Crippen molar-refractivity contribution in [2.24, 2.45) is 0 Å². The summed E-state index contributed by atoms with van der Waals surface area (Å²) in [5.41, 5.74) is 1.73. The first-order chi connectivity index (χ1) is 13.1. The number of carbonyl (C=O) groups excluding carboxylic acids is 1. The number of rotatable bonds is 3. The summed E-state index contributed by atoms with van der Waals surface area (Å²) in [6, 6.07) is 14.7. The third-order valence-corrected chi connectivity index (χ3v) is 4.90. The van der Waals surface area contributed by atoms with Crippen molar-refractivity contribution in [2.75, 3.05) is 43.4 Å². The summed E-state index contributed by atoms with van der Waals surface area (Å²) in [5.74, 6) is -0.352. The number of benzene rings is 2. The Morgan fingerprint density at radius 2 is 1.67 bits per heavy atom. The monoisotopic (exact) mass is 363 g/mol. The van der Waals surface area contributed by atoms with E-state index in [4.69, 9.17) is 0 Å².